The van der Waals surface area contributed by atoms with Gasteiger partial charge in [0.15, 0.2) is 0 Å². The summed E-state index contributed by atoms with van der Waals surface area (Å²) >= 11 is 0. The van der Waals surface area contributed by atoms with Crippen molar-refractivity contribution in [1.29, 1.82) is 0 Å². The Morgan fingerprint density at radius 2 is 1.67 bits per heavy atom. The monoisotopic (exact) mass is 358 g/mol. The molecule has 4 nitrogen and oxygen atoms in total. The van der Waals surface area contributed by atoms with Gasteiger partial charge in [-0.1, -0.05) is 42.5 Å². The maximum absolute atomic E-state index is 12.2. The maximum Gasteiger partial charge on any atom is 0.337 e. The molecule has 0 bridgehead atoms. The van der Waals surface area contributed by atoms with Crippen LogP contribution in [0.2, 0.25) is 0 Å². The van der Waals surface area contributed by atoms with Crippen molar-refractivity contribution in [3.8, 4) is 5.75 Å². The van der Waals surface area contributed by atoms with Gasteiger partial charge in [-0.15, -0.1) is 0 Å². The molecule has 0 saturated carbocycles. The molecule has 0 fully saturated rings. The van der Waals surface area contributed by atoms with Gasteiger partial charge in [0.25, 0.3) is 0 Å². The smallest absolute Gasteiger partial charge is 0.337 e. The number of methoxy groups -OCH3 is 1. The van der Waals surface area contributed by atoms with Crippen molar-refractivity contribution < 1.29 is 18.7 Å². The highest BCUT2D eigenvalue weighted by Crippen LogP contribution is 2.29. The van der Waals surface area contributed by atoms with Crippen LogP contribution in [0.5, 0.6) is 5.75 Å². The summed E-state index contributed by atoms with van der Waals surface area (Å²) in [5.41, 5.74) is 2.97. The second-order valence-corrected chi connectivity index (χ2v) is 6.12. The van der Waals surface area contributed by atoms with Crippen molar-refractivity contribution in [3.05, 3.63) is 83.9 Å². The van der Waals surface area contributed by atoms with E-state index in [9.17, 15) is 4.79 Å². The number of carbonyl (C=O) groups excluding carboxylic acids is 1. The van der Waals surface area contributed by atoms with E-state index in [4.69, 9.17) is 13.9 Å². The van der Waals surface area contributed by atoms with E-state index < -0.39 is 5.97 Å². The zero-order valence-corrected chi connectivity index (χ0v) is 14.8. The second kappa shape index (κ2) is 7.38. The number of rotatable bonds is 5. The summed E-state index contributed by atoms with van der Waals surface area (Å²) in [5, 5.41) is 2.05. The quantitative estimate of drug-likeness (QED) is 0.362. The van der Waals surface area contributed by atoms with Crippen LogP contribution in [0.15, 0.2) is 82.8 Å². The molecule has 0 unspecified atom stereocenters. The molecule has 0 amide bonds. The molecule has 4 aromatic rings. The fraction of sp³-hybridized carbons (Fsp3) is 0.0870. The molecule has 1 heterocycles. The van der Waals surface area contributed by atoms with E-state index in [2.05, 4.69) is 0 Å². The number of carbonyl (C=O) groups is 1. The lowest BCUT2D eigenvalue weighted by Crippen LogP contribution is -2.12. The number of furan rings is 1. The number of fused-ring (bicyclic) bond motifs is 3. The number of esters is 1. The van der Waals surface area contributed by atoms with Gasteiger partial charge >= 0.3 is 5.97 Å². The third kappa shape index (κ3) is 3.55. The Morgan fingerprint density at radius 1 is 0.926 bits per heavy atom. The van der Waals surface area contributed by atoms with Gasteiger partial charge in [0.1, 0.15) is 23.5 Å². The Labute approximate surface area is 156 Å². The normalized spacial score (nSPS) is 11.7. The molecule has 0 spiro atoms. The first-order valence-electron chi connectivity index (χ1n) is 8.62. The molecule has 0 saturated heterocycles. The molecular weight excluding hydrogens is 340 g/mol. The van der Waals surface area contributed by atoms with Crippen molar-refractivity contribution in [2.45, 2.75) is 0 Å². The average Bonchev–Trinajstić information content (AvgIpc) is 3.09. The van der Waals surface area contributed by atoms with Crippen LogP contribution in [0, 0.1) is 0 Å². The molecule has 134 valence electrons. The van der Waals surface area contributed by atoms with Gasteiger partial charge in [-0.25, -0.2) is 4.79 Å². The van der Waals surface area contributed by atoms with Crippen molar-refractivity contribution in [2.24, 2.45) is 0 Å². The molecule has 0 aliphatic carbocycles. The Hall–Kier alpha value is -3.53. The molecule has 0 aliphatic heterocycles. The van der Waals surface area contributed by atoms with Crippen molar-refractivity contribution in [1.82, 2.24) is 0 Å². The standard InChI is InChI=1S/C23H18O4/c1-25-23(24)17(15-26-18-7-3-2-4-8-18)13-16-11-12-22-20(14-16)19-9-5-6-10-21(19)27-22/h2-14H,15H2,1H3/b17-13+. The lowest BCUT2D eigenvalue weighted by Gasteiger charge is -2.08. The van der Waals surface area contributed by atoms with Crippen molar-refractivity contribution in [3.63, 3.8) is 0 Å². The first-order valence-corrected chi connectivity index (χ1v) is 8.62. The molecule has 3 aromatic carbocycles. The lowest BCUT2D eigenvalue weighted by atomic mass is 10.1. The maximum atomic E-state index is 12.2. The van der Waals surface area contributed by atoms with Gasteiger partial charge in [0.2, 0.25) is 0 Å². The summed E-state index contributed by atoms with van der Waals surface area (Å²) in [7, 11) is 1.37. The first-order chi connectivity index (χ1) is 13.2. The SMILES string of the molecule is COC(=O)/C(=C/c1ccc2oc3ccccc3c2c1)COc1ccccc1. The van der Waals surface area contributed by atoms with Crippen LogP contribution in [-0.2, 0) is 9.53 Å². The van der Waals surface area contributed by atoms with Gasteiger partial charge in [-0.2, -0.15) is 0 Å². The Bertz CT molecular complexity index is 1120. The summed E-state index contributed by atoms with van der Waals surface area (Å²) < 4.78 is 16.5. The fourth-order valence-electron chi connectivity index (χ4n) is 3.00. The predicted molar refractivity (Wildman–Crippen MR) is 106 cm³/mol. The Kier molecular flexibility index (Phi) is 4.62. The van der Waals surface area contributed by atoms with Crippen LogP contribution >= 0.6 is 0 Å². The van der Waals surface area contributed by atoms with Gasteiger partial charge < -0.3 is 13.9 Å². The number of benzene rings is 3. The van der Waals surface area contributed by atoms with E-state index in [1.807, 2.05) is 72.8 Å². The number of ether oxygens (including phenoxy) is 2. The van der Waals surface area contributed by atoms with E-state index >= 15 is 0 Å². The minimum atomic E-state index is -0.414. The third-order valence-corrected chi connectivity index (χ3v) is 4.33. The predicted octanol–water partition coefficient (Wildman–Crippen LogP) is 5.22. The zero-order chi connectivity index (χ0) is 18.6. The van der Waals surface area contributed by atoms with E-state index in [0.717, 1.165) is 27.5 Å². The molecule has 0 N–H and O–H groups in total. The van der Waals surface area contributed by atoms with E-state index in [1.54, 1.807) is 6.08 Å². The van der Waals surface area contributed by atoms with Gasteiger partial charge in [-0.3, -0.25) is 0 Å². The summed E-state index contributed by atoms with van der Waals surface area (Å²) in [4.78, 5) is 12.2. The van der Waals surface area contributed by atoms with Crippen LogP contribution in [0.3, 0.4) is 0 Å². The van der Waals surface area contributed by atoms with Crippen LogP contribution in [0.4, 0.5) is 0 Å². The van der Waals surface area contributed by atoms with E-state index in [-0.39, 0.29) is 6.61 Å². The topological polar surface area (TPSA) is 48.7 Å². The summed E-state index contributed by atoms with van der Waals surface area (Å²) in [6, 6.07) is 23.1. The van der Waals surface area contributed by atoms with Crippen LogP contribution in [0.25, 0.3) is 28.0 Å². The summed E-state index contributed by atoms with van der Waals surface area (Å²) in [5.74, 6) is 0.284. The van der Waals surface area contributed by atoms with Crippen molar-refractivity contribution >= 4 is 34.0 Å². The number of hydrogen-bond acceptors (Lipinski definition) is 4. The molecular formula is C23H18O4. The first kappa shape index (κ1) is 16.9. The molecule has 0 aliphatic rings. The zero-order valence-electron chi connectivity index (χ0n) is 14.8. The highest BCUT2D eigenvalue weighted by molar-refractivity contribution is 6.05. The molecule has 4 rings (SSSR count). The minimum absolute atomic E-state index is 0.126. The largest absolute Gasteiger partial charge is 0.489 e. The average molecular weight is 358 g/mol. The van der Waals surface area contributed by atoms with Crippen LogP contribution < -0.4 is 4.74 Å². The molecule has 4 heteroatoms. The second-order valence-electron chi connectivity index (χ2n) is 6.12. The fourth-order valence-corrected chi connectivity index (χ4v) is 3.00. The van der Waals surface area contributed by atoms with E-state index in [1.165, 1.54) is 7.11 Å². The number of para-hydroxylation sites is 2. The molecule has 1 aromatic heterocycles. The highest BCUT2D eigenvalue weighted by Gasteiger charge is 2.12. The number of hydrogen-bond donors (Lipinski definition) is 0. The Morgan fingerprint density at radius 3 is 2.48 bits per heavy atom. The van der Waals surface area contributed by atoms with E-state index in [0.29, 0.717) is 11.3 Å². The lowest BCUT2D eigenvalue weighted by molar-refractivity contribution is -0.136. The minimum Gasteiger partial charge on any atom is -0.489 e. The molecule has 27 heavy (non-hydrogen) atoms. The van der Waals surface area contributed by atoms with Gasteiger partial charge in [0.05, 0.1) is 12.7 Å². The van der Waals surface area contributed by atoms with Gasteiger partial charge in [-0.05, 0) is 42.0 Å². The van der Waals surface area contributed by atoms with Crippen molar-refractivity contribution in [2.75, 3.05) is 13.7 Å². The highest BCUT2D eigenvalue weighted by atomic mass is 16.5. The van der Waals surface area contributed by atoms with Gasteiger partial charge in [0, 0.05) is 10.8 Å². The summed E-state index contributed by atoms with van der Waals surface area (Å²) in [6.45, 7) is 0.126. The third-order valence-electron chi connectivity index (χ3n) is 4.33. The molecule has 0 atom stereocenters. The van der Waals surface area contributed by atoms with Crippen LogP contribution in [0.1, 0.15) is 5.56 Å². The summed E-state index contributed by atoms with van der Waals surface area (Å²) in [6.07, 6.45) is 1.79. The van der Waals surface area contributed by atoms with Crippen LogP contribution in [-0.4, -0.2) is 19.7 Å². The molecule has 0 radical (unpaired) electrons. The Balaban J connectivity index is 1.68.